The normalized spacial score (nSPS) is 11.8. The molecule has 6 heteroatoms. The zero-order chi connectivity index (χ0) is 15.3. The van der Waals surface area contributed by atoms with Crippen LogP contribution in [0.5, 0.6) is 0 Å². The van der Waals surface area contributed by atoms with Crippen molar-refractivity contribution in [3.8, 4) is 0 Å². The van der Waals surface area contributed by atoms with Crippen LogP contribution in [-0.4, -0.2) is 35.2 Å². The Morgan fingerprint density at radius 1 is 1.35 bits per heavy atom. The van der Waals surface area contributed by atoms with Crippen molar-refractivity contribution in [3.05, 3.63) is 28.8 Å². The molecule has 0 radical (unpaired) electrons. The van der Waals surface area contributed by atoms with Gasteiger partial charge >= 0.3 is 12.0 Å². The van der Waals surface area contributed by atoms with Crippen molar-refractivity contribution >= 4 is 29.4 Å². The monoisotopic (exact) mass is 296 g/mol. The number of nitrogens with one attached hydrogen (secondary N) is 2. The lowest BCUT2D eigenvalue weighted by Crippen LogP contribution is -2.33. The van der Waals surface area contributed by atoms with E-state index in [9.17, 15) is 14.7 Å². The molecule has 0 aliphatic rings. The van der Waals surface area contributed by atoms with Crippen LogP contribution in [0, 0.1) is 13.8 Å². The summed E-state index contributed by atoms with van der Waals surface area (Å²) in [6, 6.07) is 3.00. The molecule has 0 aliphatic carbocycles. The van der Waals surface area contributed by atoms with Crippen molar-refractivity contribution in [3.63, 3.8) is 0 Å². The van der Waals surface area contributed by atoms with Crippen LogP contribution in [0.25, 0.3) is 0 Å². The van der Waals surface area contributed by atoms with E-state index < -0.39 is 5.97 Å². The van der Waals surface area contributed by atoms with Gasteiger partial charge in [0.05, 0.1) is 11.3 Å². The number of carbonyl (C=O) groups is 2. The van der Waals surface area contributed by atoms with Crippen LogP contribution in [0.4, 0.5) is 10.5 Å². The minimum absolute atomic E-state index is 0.107. The van der Waals surface area contributed by atoms with E-state index in [4.69, 9.17) is 0 Å². The van der Waals surface area contributed by atoms with Crippen molar-refractivity contribution in [2.45, 2.75) is 26.0 Å². The second kappa shape index (κ2) is 7.19. The van der Waals surface area contributed by atoms with Gasteiger partial charge in [-0.2, -0.15) is 11.8 Å². The zero-order valence-electron chi connectivity index (χ0n) is 12.1. The van der Waals surface area contributed by atoms with E-state index in [2.05, 4.69) is 10.6 Å². The number of carbonyl (C=O) groups excluding carboxylic acids is 1. The predicted octanol–water partition coefficient (Wildman–Crippen LogP) is 2.87. The second-order valence-electron chi connectivity index (χ2n) is 4.69. The summed E-state index contributed by atoms with van der Waals surface area (Å²) >= 11 is 1.65. The van der Waals surface area contributed by atoms with Crippen molar-refractivity contribution in [2.24, 2.45) is 0 Å². The highest BCUT2D eigenvalue weighted by atomic mass is 32.2. The average molecular weight is 296 g/mol. The Kier molecular flexibility index (Phi) is 5.88. The van der Waals surface area contributed by atoms with Gasteiger partial charge < -0.3 is 15.7 Å². The number of carboxylic acids is 1. The second-order valence-corrected chi connectivity index (χ2v) is 5.97. The van der Waals surface area contributed by atoms with E-state index in [1.54, 1.807) is 24.8 Å². The molecule has 5 nitrogen and oxygen atoms in total. The van der Waals surface area contributed by atoms with Crippen LogP contribution in [0.2, 0.25) is 0 Å². The number of hydrogen-bond acceptors (Lipinski definition) is 3. The number of hydrogen-bond donors (Lipinski definition) is 3. The molecule has 0 saturated heterocycles. The van der Waals surface area contributed by atoms with E-state index >= 15 is 0 Å². The molecule has 0 fully saturated rings. The molecule has 1 rings (SSSR count). The summed E-state index contributed by atoms with van der Waals surface area (Å²) in [6.45, 7) is 6.13. The summed E-state index contributed by atoms with van der Waals surface area (Å²) in [5.41, 5.74) is 2.03. The third kappa shape index (κ3) is 4.45. The van der Waals surface area contributed by atoms with E-state index in [0.717, 1.165) is 11.1 Å². The molecule has 1 unspecified atom stereocenters. The molecule has 0 saturated carbocycles. The number of aryl methyl sites for hydroxylation is 2. The molecule has 0 bridgehead atoms. The summed E-state index contributed by atoms with van der Waals surface area (Å²) in [5, 5.41) is 14.9. The smallest absolute Gasteiger partial charge is 0.337 e. The third-order valence-electron chi connectivity index (χ3n) is 2.90. The SMILES string of the molecule is CSC(C)CNC(=O)Nc1c(C)cc(C)cc1C(=O)O. The summed E-state index contributed by atoms with van der Waals surface area (Å²) in [4.78, 5) is 23.1. The van der Waals surface area contributed by atoms with Crippen LogP contribution < -0.4 is 10.6 Å². The maximum Gasteiger partial charge on any atom is 0.337 e. The number of carboxylic acid groups (broad SMARTS) is 1. The highest BCUT2D eigenvalue weighted by Gasteiger charge is 2.15. The summed E-state index contributed by atoms with van der Waals surface area (Å²) in [7, 11) is 0. The highest BCUT2D eigenvalue weighted by molar-refractivity contribution is 7.99. The molecule has 0 aromatic heterocycles. The molecule has 110 valence electrons. The molecule has 1 aromatic carbocycles. The minimum Gasteiger partial charge on any atom is -0.478 e. The molecular weight excluding hydrogens is 276 g/mol. The van der Waals surface area contributed by atoms with Crippen LogP contribution >= 0.6 is 11.8 Å². The van der Waals surface area contributed by atoms with Gasteiger partial charge in [0.1, 0.15) is 0 Å². The number of benzene rings is 1. The maximum atomic E-state index is 11.8. The minimum atomic E-state index is -1.05. The fraction of sp³-hybridized carbons (Fsp3) is 0.429. The summed E-state index contributed by atoms with van der Waals surface area (Å²) < 4.78 is 0. The Bertz CT molecular complexity index is 517. The summed E-state index contributed by atoms with van der Waals surface area (Å²) in [6.07, 6.45) is 1.97. The molecule has 1 atom stereocenters. The topological polar surface area (TPSA) is 78.4 Å². The van der Waals surface area contributed by atoms with Gasteiger partial charge in [-0.3, -0.25) is 0 Å². The number of aromatic carboxylic acids is 1. The number of anilines is 1. The van der Waals surface area contributed by atoms with Gasteiger partial charge in [0.15, 0.2) is 0 Å². The molecule has 0 spiro atoms. The zero-order valence-corrected chi connectivity index (χ0v) is 12.9. The van der Waals surface area contributed by atoms with Gasteiger partial charge in [0, 0.05) is 11.8 Å². The Morgan fingerprint density at radius 3 is 2.55 bits per heavy atom. The molecule has 3 N–H and O–H groups in total. The lowest BCUT2D eigenvalue weighted by Gasteiger charge is -2.15. The molecule has 0 heterocycles. The quantitative estimate of drug-likeness (QED) is 0.780. The molecular formula is C14H20N2O3S. The number of thioether (sulfide) groups is 1. The fourth-order valence-corrected chi connectivity index (χ4v) is 2.03. The van der Waals surface area contributed by atoms with Crippen LogP contribution in [0.1, 0.15) is 28.4 Å². The summed E-state index contributed by atoms with van der Waals surface area (Å²) in [5.74, 6) is -1.05. The highest BCUT2D eigenvalue weighted by Crippen LogP contribution is 2.22. The molecule has 20 heavy (non-hydrogen) atoms. The Labute approximate surface area is 123 Å². The van der Waals surface area contributed by atoms with Gasteiger partial charge in [0.25, 0.3) is 0 Å². The van der Waals surface area contributed by atoms with E-state index in [0.29, 0.717) is 17.5 Å². The molecule has 0 aliphatic heterocycles. The average Bonchev–Trinajstić information content (AvgIpc) is 2.38. The van der Waals surface area contributed by atoms with Crippen molar-refractivity contribution in [2.75, 3.05) is 18.1 Å². The third-order valence-corrected chi connectivity index (χ3v) is 3.87. The lowest BCUT2D eigenvalue weighted by atomic mass is 10.0. The van der Waals surface area contributed by atoms with Gasteiger partial charge in [-0.1, -0.05) is 13.0 Å². The van der Waals surface area contributed by atoms with E-state index in [1.807, 2.05) is 26.2 Å². The largest absolute Gasteiger partial charge is 0.478 e. The first kappa shape index (κ1) is 16.4. The Morgan fingerprint density at radius 2 is 2.00 bits per heavy atom. The first-order valence-corrected chi connectivity index (χ1v) is 7.56. The lowest BCUT2D eigenvalue weighted by molar-refractivity contribution is 0.0698. The first-order chi connectivity index (χ1) is 9.35. The van der Waals surface area contributed by atoms with E-state index in [1.165, 1.54) is 0 Å². The Hall–Kier alpha value is -1.69. The van der Waals surface area contributed by atoms with Gasteiger partial charge in [-0.15, -0.1) is 0 Å². The van der Waals surface area contributed by atoms with Crippen molar-refractivity contribution in [1.29, 1.82) is 0 Å². The molecule has 2 amide bonds. The first-order valence-electron chi connectivity index (χ1n) is 6.27. The van der Waals surface area contributed by atoms with Crippen molar-refractivity contribution in [1.82, 2.24) is 5.32 Å². The maximum absolute atomic E-state index is 11.8. The van der Waals surface area contributed by atoms with Crippen LogP contribution in [0.3, 0.4) is 0 Å². The van der Waals surface area contributed by atoms with Crippen LogP contribution in [-0.2, 0) is 0 Å². The number of urea groups is 1. The Balaban J connectivity index is 2.86. The van der Waals surface area contributed by atoms with Gasteiger partial charge in [0.2, 0.25) is 0 Å². The fourth-order valence-electron chi connectivity index (χ4n) is 1.78. The standard InChI is InChI=1S/C14H20N2O3S/c1-8-5-9(2)12(11(6-8)13(17)18)16-14(19)15-7-10(3)20-4/h5-6,10H,7H2,1-4H3,(H,17,18)(H2,15,16,19). The number of amides is 2. The van der Waals surface area contributed by atoms with Gasteiger partial charge in [-0.25, -0.2) is 9.59 Å². The van der Waals surface area contributed by atoms with E-state index in [-0.39, 0.29) is 11.6 Å². The number of rotatable bonds is 5. The van der Waals surface area contributed by atoms with Gasteiger partial charge in [-0.05, 0) is 37.3 Å². The predicted molar refractivity (Wildman–Crippen MR) is 82.9 cm³/mol. The van der Waals surface area contributed by atoms with Crippen LogP contribution in [0.15, 0.2) is 12.1 Å². The molecule has 1 aromatic rings. The van der Waals surface area contributed by atoms with Crippen molar-refractivity contribution < 1.29 is 14.7 Å².